The molecule has 0 aromatic carbocycles. The third kappa shape index (κ3) is 3.97. The van der Waals surface area contributed by atoms with E-state index in [4.69, 9.17) is 0 Å². The summed E-state index contributed by atoms with van der Waals surface area (Å²) in [7, 11) is 0. The second kappa shape index (κ2) is 5.72. The molecule has 0 bridgehead atoms. The summed E-state index contributed by atoms with van der Waals surface area (Å²) in [5.74, 6) is 0.956. The maximum Gasteiger partial charge on any atom is 0.0546 e. The number of hydrogen-bond donors (Lipinski definition) is 2. The van der Waals surface area contributed by atoms with Crippen LogP contribution in [0.15, 0.2) is 0 Å². The first-order valence-electron chi connectivity index (χ1n) is 5.95. The highest BCUT2D eigenvalue weighted by atomic mass is 16.3. The molecule has 2 nitrogen and oxygen atoms in total. The van der Waals surface area contributed by atoms with Crippen molar-refractivity contribution in [2.24, 2.45) is 11.8 Å². The number of aliphatic hydroxyl groups is 2. The van der Waals surface area contributed by atoms with Gasteiger partial charge in [0.05, 0.1) is 12.2 Å². The van der Waals surface area contributed by atoms with Gasteiger partial charge >= 0.3 is 0 Å². The van der Waals surface area contributed by atoms with Crippen molar-refractivity contribution in [2.75, 3.05) is 0 Å². The van der Waals surface area contributed by atoms with Gasteiger partial charge in [-0.05, 0) is 31.6 Å². The summed E-state index contributed by atoms with van der Waals surface area (Å²) >= 11 is 0. The molecule has 84 valence electrons. The fraction of sp³-hybridized carbons (Fsp3) is 1.00. The Hall–Kier alpha value is -0.0800. The summed E-state index contributed by atoms with van der Waals surface area (Å²) in [6.07, 6.45) is 6.44. The fourth-order valence-electron chi connectivity index (χ4n) is 2.35. The second-order valence-electron chi connectivity index (χ2n) is 4.99. The van der Waals surface area contributed by atoms with Crippen LogP contribution in [0.3, 0.4) is 0 Å². The average Bonchev–Trinajstić information content (AvgIpc) is 2.56. The van der Waals surface area contributed by atoms with Gasteiger partial charge in [-0.3, -0.25) is 0 Å². The highest BCUT2D eigenvalue weighted by molar-refractivity contribution is 4.73. The monoisotopic (exact) mass is 200 g/mol. The van der Waals surface area contributed by atoms with Gasteiger partial charge in [-0.1, -0.05) is 32.6 Å². The molecule has 1 rings (SSSR count). The molecule has 0 saturated heterocycles. The van der Waals surface area contributed by atoms with Crippen molar-refractivity contribution in [1.82, 2.24) is 0 Å². The zero-order valence-corrected chi connectivity index (χ0v) is 9.45. The molecular weight excluding hydrogens is 176 g/mol. The van der Waals surface area contributed by atoms with E-state index in [9.17, 15) is 10.2 Å². The molecule has 0 spiro atoms. The molecule has 0 aliphatic heterocycles. The molecule has 1 aliphatic carbocycles. The van der Waals surface area contributed by atoms with E-state index in [1.165, 1.54) is 25.7 Å². The Kier molecular flexibility index (Phi) is 4.90. The molecule has 1 fully saturated rings. The lowest BCUT2D eigenvalue weighted by Crippen LogP contribution is -2.21. The van der Waals surface area contributed by atoms with Crippen LogP contribution in [0.4, 0.5) is 0 Å². The average molecular weight is 200 g/mol. The van der Waals surface area contributed by atoms with Crippen LogP contribution in [0.25, 0.3) is 0 Å². The number of aliphatic hydroxyl groups excluding tert-OH is 2. The van der Waals surface area contributed by atoms with Crippen LogP contribution < -0.4 is 0 Å². The SMILES string of the molecule is CC(O)C(C)CC(O)CC1CCCC1. The van der Waals surface area contributed by atoms with Crippen molar-refractivity contribution >= 4 is 0 Å². The third-order valence-electron chi connectivity index (χ3n) is 3.55. The van der Waals surface area contributed by atoms with Crippen LogP contribution in [0.5, 0.6) is 0 Å². The topological polar surface area (TPSA) is 40.5 Å². The Balaban J connectivity index is 2.17. The van der Waals surface area contributed by atoms with Gasteiger partial charge in [-0.25, -0.2) is 0 Å². The minimum absolute atomic E-state index is 0.206. The lowest BCUT2D eigenvalue weighted by atomic mass is 9.92. The summed E-state index contributed by atoms with van der Waals surface area (Å²) in [6, 6.07) is 0. The van der Waals surface area contributed by atoms with Gasteiger partial charge in [0, 0.05) is 0 Å². The van der Waals surface area contributed by atoms with E-state index in [2.05, 4.69) is 0 Å². The van der Waals surface area contributed by atoms with Gasteiger partial charge in [0.15, 0.2) is 0 Å². The molecule has 0 aromatic rings. The predicted octanol–water partition coefficient (Wildman–Crippen LogP) is 2.33. The normalized spacial score (nSPS) is 24.9. The summed E-state index contributed by atoms with van der Waals surface area (Å²) in [5, 5.41) is 19.1. The van der Waals surface area contributed by atoms with Crippen molar-refractivity contribution in [2.45, 2.75) is 64.6 Å². The Morgan fingerprint density at radius 2 is 1.71 bits per heavy atom. The van der Waals surface area contributed by atoms with Crippen LogP contribution in [0, 0.1) is 11.8 Å². The Morgan fingerprint density at radius 3 is 2.21 bits per heavy atom. The molecule has 2 heteroatoms. The lowest BCUT2D eigenvalue weighted by Gasteiger charge is -2.20. The zero-order chi connectivity index (χ0) is 10.6. The third-order valence-corrected chi connectivity index (χ3v) is 3.55. The fourth-order valence-corrected chi connectivity index (χ4v) is 2.35. The standard InChI is InChI=1S/C12H24O2/c1-9(10(2)13)7-12(14)8-11-5-3-4-6-11/h9-14H,3-8H2,1-2H3. The first kappa shape index (κ1) is 12.0. The van der Waals surface area contributed by atoms with Gasteiger partial charge in [0.2, 0.25) is 0 Å². The molecule has 0 amide bonds. The van der Waals surface area contributed by atoms with Crippen LogP contribution >= 0.6 is 0 Å². The minimum atomic E-state index is -0.298. The van der Waals surface area contributed by atoms with Crippen molar-refractivity contribution in [1.29, 1.82) is 0 Å². The van der Waals surface area contributed by atoms with E-state index in [0.29, 0.717) is 0 Å². The molecule has 0 radical (unpaired) electrons. The molecule has 3 atom stereocenters. The van der Waals surface area contributed by atoms with E-state index in [-0.39, 0.29) is 18.1 Å². The molecule has 0 heterocycles. The van der Waals surface area contributed by atoms with E-state index < -0.39 is 0 Å². The highest BCUT2D eigenvalue weighted by Crippen LogP contribution is 2.30. The second-order valence-corrected chi connectivity index (χ2v) is 4.99. The maximum absolute atomic E-state index is 9.82. The molecule has 3 unspecified atom stereocenters. The first-order valence-corrected chi connectivity index (χ1v) is 5.95. The van der Waals surface area contributed by atoms with Gasteiger partial charge < -0.3 is 10.2 Å². The lowest BCUT2D eigenvalue weighted by molar-refractivity contribution is 0.0678. The molecular formula is C12H24O2. The quantitative estimate of drug-likeness (QED) is 0.715. The molecule has 14 heavy (non-hydrogen) atoms. The summed E-state index contributed by atoms with van der Waals surface area (Å²) in [4.78, 5) is 0. The van der Waals surface area contributed by atoms with Crippen LogP contribution in [0.2, 0.25) is 0 Å². The maximum atomic E-state index is 9.82. The van der Waals surface area contributed by atoms with Crippen molar-refractivity contribution in [3.8, 4) is 0 Å². The predicted molar refractivity (Wildman–Crippen MR) is 58.0 cm³/mol. The number of rotatable bonds is 5. The molecule has 2 N–H and O–H groups in total. The van der Waals surface area contributed by atoms with Crippen LogP contribution in [-0.2, 0) is 0 Å². The van der Waals surface area contributed by atoms with Gasteiger partial charge in [0.1, 0.15) is 0 Å². The molecule has 1 saturated carbocycles. The smallest absolute Gasteiger partial charge is 0.0546 e. The van der Waals surface area contributed by atoms with Crippen LogP contribution in [-0.4, -0.2) is 22.4 Å². The zero-order valence-electron chi connectivity index (χ0n) is 9.45. The van der Waals surface area contributed by atoms with Crippen molar-refractivity contribution in [3.63, 3.8) is 0 Å². The molecule has 0 aromatic heterocycles. The molecule has 1 aliphatic rings. The Bertz CT molecular complexity index is 146. The Morgan fingerprint density at radius 1 is 1.14 bits per heavy atom. The van der Waals surface area contributed by atoms with Gasteiger partial charge in [-0.15, -0.1) is 0 Å². The van der Waals surface area contributed by atoms with Gasteiger partial charge in [0.25, 0.3) is 0 Å². The largest absolute Gasteiger partial charge is 0.393 e. The first-order chi connectivity index (χ1) is 6.59. The summed E-state index contributed by atoms with van der Waals surface area (Å²) < 4.78 is 0. The summed E-state index contributed by atoms with van der Waals surface area (Å²) in [5.41, 5.74) is 0. The van der Waals surface area contributed by atoms with E-state index >= 15 is 0 Å². The minimum Gasteiger partial charge on any atom is -0.393 e. The van der Waals surface area contributed by atoms with Gasteiger partial charge in [-0.2, -0.15) is 0 Å². The highest BCUT2D eigenvalue weighted by Gasteiger charge is 2.21. The van der Waals surface area contributed by atoms with Crippen LogP contribution in [0.1, 0.15) is 52.4 Å². The van der Waals surface area contributed by atoms with E-state index in [1.54, 1.807) is 6.92 Å². The van der Waals surface area contributed by atoms with E-state index in [1.807, 2.05) is 6.92 Å². The van der Waals surface area contributed by atoms with Crippen molar-refractivity contribution < 1.29 is 10.2 Å². The summed E-state index contributed by atoms with van der Waals surface area (Å²) in [6.45, 7) is 3.80. The number of hydrogen-bond acceptors (Lipinski definition) is 2. The van der Waals surface area contributed by atoms with E-state index in [0.717, 1.165) is 18.8 Å². The van der Waals surface area contributed by atoms with Crippen molar-refractivity contribution in [3.05, 3.63) is 0 Å². The Labute approximate surface area is 87.3 Å².